The second kappa shape index (κ2) is 10.7. The highest BCUT2D eigenvalue weighted by Crippen LogP contribution is 2.36. The minimum Gasteiger partial charge on any atom is -0.356 e. The molecule has 2 N–H and O–H groups in total. The highest BCUT2D eigenvalue weighted by Gasteiger charge is 2.57. The number of carbonyl (C=O) groups is 2. The van der Waals surface area contributed by atoms with Gasteiger partial charge in [0.1, 0.15) is 0 Å². The van der Waals surface area contributed by atoms with E-state index in [1.165, 1.54) is 28.9 Å². The Morgan fingerprint density at radius 2 is 1.79 bits per heavy atom. The Kier molecular flexibility index (Phi) is 7.70. The minimum absolute atomic E-state index is 0.0233. The zero-order chi connectivity index (χ0) is 27.7. The number of benzene rings is 2. The first-order chi connectivity index (χ1) is 17.8. The zero-order valence-corrected chi connectivity index (χ0v) is 20.0. The molecule has 0 aliphatic carbocycles. The largest absolute Gasteiger partial charge is 0.423 e. The Morgan fingerprint density at radius 1 is 1.11 bits per heavy atom. The van der Waals surface area contributed by atoms with Crippen LogP contribution in [0.2, 0.25) is 5.02 Å². The number of alkyl halides is 6. The summed E-state index contributed by atoms with van der Waals surface area (Å²) in [5, 5.41) is 10.0. The van der Waals surface area contributed by atoms with Crippen molar-refractivity contribution in [2.45, 2.75) is 31.5 Å². The van der Waals surface area contributed by atoms with Crippen LogP contribution >= 0.6 is 11.6 Å². The lowest BCUT2D eigenvalue weighted by Gasteiger charge is -2.23. The van der Waals surface area contributed by atoms with Crippen molar-refractivity contribution in [1.29, 1.82) is 0 Å². The number of halogens is 7. The lowest BCUT2D eigenvalue weighted by atomic mass is 10.1. The van der Waals surface area contributed by atoms with Crippen LogP contribution in [0.1, 0.15) is 12.0 Å². The molecule has 14 heteroatoms. The van der Waals surface area contributed by atoms with Gasteiger partial charge in [0, 0.05) is 29.6 Å². The van der Waals surface area contributed by atoms with E-state index < -0.39 is 36.9 Å². The van der Waals surface area contributed by atoms with Gasteiger partial charge in [0.2, 0.25) is 17.9 Å². The molecular weight excluding hydrogens is 542 g/mol. The molecule has 1 aromatic heterocycles. The lowest BCUT2D eigenvalue weighted by molar-refractivity contribution is -0.324. The second-order valence-corrected chi connectivity index (χ2v) is 8.91. The topological polar surface area (TPSA) is 85.2 Å². The molecule has 1 fully saturated rings. The molecule has 202 valence electrons. The monoisotopic (exact) mass is 560 g/mol. The third-order valence-electron chi connectivity index (χ3n) is 5.61. The molecule has 1 atom stereocenters. The number of carbonyl (C=O) groups excluding carboxylic acids is 2. The predicted molar refractivity (Wildman–Crippen MR) is 124 cm³/mol. The number of amides is 2. The molecule has 1 aliphatic heterocycles. The Morgan fingerprint density at radius 3 is 2.39 bits per heavy atom. The van der Waals surface area contributed by atoms with Crippen molar-refractivity contribution in [1.82, 2.24) is 15.1 Å². The molecular formula is C24H19ClF6N4O3. The summed E-state index contributed by atoms with van der Waals surface area (Å²) >= 11 is 5.97. The third-order valence-corrected chi connectivity index (χ3v) is 5.87. The summed E-state index contributed by atoms with van der Waals surface area (Å²) < 4.78 is 82.7. The van der Waals surface area contributed by atoms with E-state index in [-0.39, 0.29) is 30.3 Å². The van der Waals surface area contributed by atoms with Crippen molar-refractivity contribution in [3.05, 3.63) is 65.2 Å². The second-order valence-electron chi connectivity index (χ2n) is 8.47. The van der Waals surface area contributed by atoms with Gasteiger partial charge in [-0.1, -0.05) is 29.8 Å². The first-order valence-corrected chi connectivity index (χ1v) is 11.5. The minimum atomic E-state index is -5.63. The van der Waals surface area contributed by atoms with Gasteiger partial charge in [-0.25, -0.2) is 4.68 Å². The summed E-state index contributed by atoms with van der Waals surface area (Å²) in [6.45, 7) is -0.785. The summed E-state index contributed by atoms with van der Waals surface area (Å²) in [4.78, 5) is 24.0. The van der Waals surface area contributed by atoms with Gasteiger partial charge in [-0.3, -0.25) is 9.59 Å². The summed E-state index contributed by atoms with van der Waals surface area (Å²) in [7, 11) is 0. The van der Waals surface area contributed by atoms with E-state index >= 15 is 0 Å². The standard InChI is InChI=1S/C24H19ClF6N4O3/c25-16-4-6-17(7-5-16)35-18(10-19(34-35)33-21(37)15-9-20(36)32-11-15)14-3-1-2-13(8-14)12-38-22(23(26,27)28)24(29,30)31/h1-8,10,15,22H,9,11-12H2,(H,32,36)(H,33,34,37)/t15-/m0/s1. The normalized spacial score (nSPS) is 16.1. The van der Waals surface area contributed by atoms with Gasteiger partial charge >= 0.3 is 12.4 Å². The maximum absolute atomic E-state index is 12.8. The van der Waals surface area contributed by atoms with Crippen LogP contribution in [0.4, 0.5) is 32.2 Å². The number of ether oxygens (including phenoxy) is 1. The third kappa shape index (κ3) is 6.45. The SMILES string of the molecule is O=C1C[C@H](C(=O)Nc2cc(-c3cccc(COC(C(F)(F)F)C(F)(F)F)c3)n(-c3ccc(Cl)cc3)n2)CN1. The van der Waals surface area contributed by atoms with Crippen molar-refractivity contribution in [2.24, 2.45) is 5.92 Å². The zero-order valence-electron chi connectivity index (χ0n) is 19.2. The van der Waals surface area contributed by atoms with Crippen LogP contribution in [0.15, 0.2) is 54.6 Å². The van der Waals surface area contributed by atoms with Crippen molar-refractivity contribution in [2.75, 3.05) is 11.9 Å². The molecule has 38 heavy (non-hydrogen) atoms. The number of nitrogens with one attached hydrogen (secondary N) is 2. The van der Waals surface area contributed by atoms with E-state index in [2.05, 4.69) is 20.5 Å². The molecule has 1 aliphatic rings. The van der Waals surface area contributed by atoms with Crippen LogP contribution in [-0.2, 0) is 20.9 Å². The number of aromatic nitrogens is 2. The van der Waals surface area contributed by atoms with Gasteiger partial charge in [0.25, 0.3) is 0 Å². The molecule has 3 aromatic rings. The van der Waals surface area contributed by atoms with Gasteiger partial charge in [0.15, 0.2) is 5.82 Å². The van der Waals surface area contributed by atoms with E-state index in [0.717, 1.165) is 0 Å². The Labute approximate surface area is 216 Å². The Hall–Kier alpha value is -3.58. The average Bonchev–Trinajstić information content (AvgIpc) is 3.45. The van der Waals surface area contributed by atoms with Gasteiger partial charge in [-0.05, 0) is 35.9 Å². The number of nitrogens with zero attached hydrogens (tertiary/aromatic N) is 2. The van der Waals surface area contributed by atoms with Gasteiger partial charge in [-0.15, -0.1) is 5.10 Å². The van der Waals surface area contributed by atoms with Crippen molar-refractivity contribution in [3.8, 4) is 16.9 Å². The molecule has 0 saturated carbocycles. The van der Waals surface area contributed by atoms with E-state index in [4.69, 9.17) is 11.6 Å². The van der Waals surface area contributed by atoms with Crippen LogP contribution < -0.4 is 10.6 Å². The molecule has 0 bridgehead atoms. The van der Waals surface area contributed by atoms with E-state index in [9.17, 15) is 35.9 Å². The maximum Gasteiger partial charge on any atom is 0.423 e. The molecule has 2 heterocycles. The number of hydrogen-bond acceptors (Lipinski definition) is 4. The Balaban J connectivity index is 1.64. The van der Waals surface area contributed by atoms with E-state index in [0.29, 0.717) is 22.0 Å². The van der Waals surface area contributed by atoms with Gasteiger partial charge in [0.05, 0.1) is 23.9 Å². The summed E-state index contributed by atoms with van der Waals surface area (Å²) in [5.41, 5.74) is 1.31. The summed E-state index contributed by atoms with van der Waals surface area (Å²) in [6.07, 6.45) is -15.2. The van der Waals surface area contributed by atoms with E-state index in [1.54, 1.807) is 30.3 Å². The first kappa shape index (κ1) is 27.5. The number of hydrogen-bond donors (Lipinski definition) is 2. The fourth-order valence-electron chi connectivity index (χ4n) is 3.82. The molecule has 0 unspecified atom stereocenters. The maximum atomic E-state index is 12.8. The fraction of sp³-hybridized carbons (Fsp3) is 0.292. The molecule has 2 amide bonds. The molecule has 4 rings (SSSR count). The predicted octanol–water partition coefficient (Wildman–Crippen LogP) is 5.28. The molecule has 0 spiro atoms. The van der Waals surface area contributed by atoms with Crippen molar-refractivity contribution >= 4 is 29.2 Å². The fourth-order valence-corrected chi connectivity index (χ4v) is 3.95. The van der Waals surface area contributed by atoms with Crippen LogP contribution in [0, 0.1) is 5.92 Å². The summed E-state index contributed by atoms with van der Waals surface area (Å²) in [5.74, 6) is -1.17. The van der Waals surface area contributed by atoms with Crippen molar-refractivity contribution in [3.63, 3.8) is 0 Å². The number of rotatable bonds is 7. The average molecular weight is 561 g/mol. The highest BCUT2D eigenvalue weighted by molar-refractivity contribution is 6.30. The van der Waals surface area contributed by atoms with Crippen LogP contribution in [0.3, 0.4) is 0 Å². The van der Waals surface area contributed by atoms with Crippen LogP contribution in [0.5, 0.6) is 0 Å². The molecule has 1 saturated heterocycles. The molecule has 7 nitrogen and oxygen atoms in total. The summed E-state index contributed by atoms with van der Waals surface area (Å²) in [6, 6.07) is 13.6. The molecule has 2 aromatic carbocycles. The Bertz CT molecular complexity index is 1310. The molecule has 0 radical (unpaired) electrons. The highest BCUT2D eigenvalue weighted by atomic mass is 35.5. The number of anilines is 1. The van der Waals surface area contributed by atoms with Crippen LogP contribution in [0.25, 0.3) is 16.9 Å². The van der Waals surface area contributed by atoms with Gasteiger partial charge < -0.3 is 15.4 Å². The first-order valence-electron chi connectivity index (χ1n) is 11.1. The van der Waals surface area contributed by atoms with E-state index in [1.807, 2.05) is 0 Å². The lowest BCUT2D eigenvalue weighted by Crippen LogP contribution is -2.44. The van der Waals surface area contributed by atoms with Crippen molar-refractivity contribution < 1.29 is 40.7 Å². The van der Waals surface area contributed by atoms with Gasteiger partial charge in [-0.2, -0.15) is 26.3 Å². The van der Waals surface area contributed by atoms with Crippen LogP contribution in [-0.4, -0.2) is 46.6 Å². The quantitative estimate of drug-likeness (QED) is 0.385. The smallest absolute Gasteiger partial charge is 0.356 e.